The van der Waals surface area contributed by atoms with Crippen molar-refractivity contribution in [3.05, 3.63) is 81.7 Å². The molecule has 2 heterocycles. The van der Waals surface area contributed by atoms with Crippen LogP contribution in [-0.2, 0) is 13.1 Å². The van der Waals surface area contributed by atoms with E-state index in [1.807, 2.05) is 18.2 Å². The molecule has 172 valence electrons. The van der Waals surface area contributed by atoms with Crippen molar-refractivity contribution in [3.63, 3.8) is 0 Å². The molecular weight excluding hydrogens is 420 g/mol. The molecule has 2 atom stereocenters. The number of amides is 1. The minimum atomic E-state index is -0.475. The summed E-state index contributed by atoms with van der Waals surface area (Å²) in [7, 11) is 0. The fourth-order valence-corrected chi connectivity index (χ4v) is 4.56. The van der Waals surface area contributed by atoms with Crippen LogP contribution >= 0.6 is 0 Å². The van der Waals surface area contributed by atoms with Gasteiger partial charge in [0.15, 0.2) is 5.69 Å². The lowest BCUT2D eigenvalue weighted by Crippen LogP contribution is -2.38. The molecule has 1 aromatic heterocycles. The van der Waals surface area contributed by atoms with E-state index < -0.39 is 4.92 Å². The summed E-state index contributed by atoms with van der Waals surface area (Å²) in [5, 5.41) is 21.8. The monoisotopic (exact) mass is 448 g/mol. The third kappa shape index (κ3) is 5.61. The lowest BCUT2D eigenvalue weighted by atomic mass is 9.91. The van der Waals surface area contributed by atoms with Gasteiger partial charge in [0.1, 0.15) is 0 Å². The second-order valence-corrected chi connectivity index (χ2v) is 8.92. The smallest absolute Gasteiger partial charge is 0.273 e. The number of carbonyl (C=O) groups is 1. The number of nitro benzene ring substituents is 1. The molecule has 1 aliphatic rings. The number of non-ortho nitro benzene ring substituents is 1. The summed E-state index contributed by atoms with van der Waals surface area (Å²) in [5.74, 6) is 1.03. The van der Waals surface area contributed by atoms with Gasteiger partial charge in [-0.2, -0.15) is 0 Å². The highest BCUT2D eigenvalue weighted by molar-refractivity contribution is 5.91. The van der Waals surface area contributed by atoms with E-state index in [0.717, 1.165) is 25.2 Å². The Labute approximate surface area is 192 Å². The van der Waals surface area contributed by atoms with Gasteiger partial charge in [-0.3, -0.25) is 19.8 Å². The third-order valence-corrected chi connectivity index (χ3v) is 5.93. The molecule has 0 spiro atoms. The van der Waals surface area contributed by atoms with Crippen molar-refractivity contribution in [2.24, 2.45) is 11.8 Å². The van der Waals surface area contributed by atoms with Crippen LogP contribution in [-0.4, -0.2) is 43.8 Å². The van der Waals surface area contributed by atoms with Crippen molar-refractivity contribution in [1.29, 1.82) is 0 Å². The van der Waals surface area contributed by atoms with Gasteiger partial charge in [-0.1, -0.05) is 49.4 Å². The SMILES string of the molecule is CC1CC(C)CN(Cc2ccccc2CNC(=O)c2cn(-c3cccc([N+](=O)[O-])c3)nn2)C1. The molecule has 2 aromatic carbocycles. The summed E-state index contributed by atoms with van der Waals surface area (Å²) in [6.07, 6.45) is 2.74. The minimum Gasteiger partial charge on any atom is -0.347 e. The van der Waals surface area contributed by atoms with Gasteiger partial charge in [0.05, 0.1) is 16.8 Å². The van der Waals surface area contributed by atoms with Crippen LogP contribution in [0.15, 0.2) is 54.7 Å². The highest BCUT2D eigenvalue weighted by Gasteiger charge is 2.22. The van der Waals surface area contributed by atoms with Gasteiger partial charge in [-0.25, -0.2) is 4.68 Å². The fourth-order valence-electron chi connectivity index (χ4n) is 4.56. The molecule has 1 saturated heterocycles. The third-order valence-electron chi connectivity index (χ3n) is 5.93. The van der Waals surface area contributed by atoms with Crippen molar-refractivity contribution in [1.82, 2.24) is 25.2 Å². The Hall–Kier alpha value is -3.59. The van der Waals surface area contributed by atoms with E-state index in [4.69, 9.17) is 0 Å². The molecule has 9 heteroatoms. The first kappa shape index (κ1) is 22.6. The first-order valence-electron chi connectivity index (χ1n) is 11.1. The van der Waals surface area contributed by atoms with E-state index in [9.17, 15) is 14.9 Å². The number of piperidine rings is 1. The Morgan fingerprint density at radius 3 is 2.58 bits per heavy atom. The number of benzene rings is 2. The normalized spacial score (nSPS) is 18.7. The largest absolute Gasteiger partial charge is 0.347 e. The number of nitrogens with zero attached hydrogens (tertiary/aromatic N) is 5. The zero-order chi connectivity index (χ0) is 23.4. The van der Waals surface area contributed by atoms with Crippen LogP contribution in [0.4, 0.5) is 5.69 Å². The van der Waals surface area contributed by atoms with Gasteiger partial charge in [0.25, 0.3) is 11.6 Å². The Kier molecular flexibility index (Phi) is 6.79. The molecule has 1 amide bonds. The summed E-state index contributed by atoms with van der Waals surface area (Å²) in [5.41, 5.74) is 2.84. The molecule has 1 fully saturated rings. The number of carbonyl (C=O) groups excluding carboxylic acids is 1. The lowest BCUT2D eigenvalue weighted by Gasteiger charge is -2.35. The van der Waals surface area contributed by atoms with Gasteiger partial charge in [0, 0.05) is 38.3 Å². The standard InChI is InChI=1S/C24H28N6O3/c1-17-10-18(2)14-28(13-17)15-20-7-4-3-6-19(20)12-25-24(31)23-16-29(27-26-23)21-8-5-9-22(11-21)30(32)33/h3-9,11,16-18H,10,12-15H2,1-2H3,(H,25,31). The molecule has 0 radical (unpaired) electrons. The van der Waals surface area contributed by atoms with Crippen LogP contribution in [0.3, 0.4) is 0 Å². The van der Waals surface area contributed by atoms with Gasteiger partial charge >= 0.3 is 0 Å². The fraction of sp³-hybridized carbons (Fsp3) is 0.375. The van der Waals surface area contributed by atoms with E-state index in [1.54, 1.807) is 12.1 Å². The minimum absolute atomic E-state index is 0.0527. The molecule has 2 unspecified atom stereocenters. The lowest BCUT2D eigenvalue weighted by molar-refractivity contribution is -0.384. The predicted molar refractivity (Wildman–Crippen MR) is 124 cm³/mol. The Bertz CT molecular complexity index is 1130. The molecule has 9 nitrogen and oxygen atoms in total. The summed E-state index contributed by atoms with van der Waals surface area (Å²) in [6.45, 7) is 8.03. The van der Waals surface area contributed by atoms with Crippen molar-refractivity contribution in [2.45, 2.75) is 33.4 Å². The Morgan fingerprint density at radius 1 is 1.12 bits per heavy atom. The maximum atomic E-state index is 12.7. The van der Waals surface area contributed by atoms with Gasteiger partial charge in [0.2, 0.25) is 0 Å². The molecule has 1 N–H and O–H groups in total. The highest BCUT2D eigenvalue weighted by atomic mass is 16.6. The Morgan fingerprint density at radius 2 is 1.85 bits per heavy atom. The van der Waals surface area contributed by atoms with E-state index in [1.165, 1.54) is 35.0 Å². The van der Waals surface area contributed by atoms with Crippen LogP contribution in [0.25, 0.3) is 5.69 Å². The number of rotatable bonds is 7. The number of nitro groups is 1. The molecular formula is C24H28N6O3. The second-order valence-electron chi connectivity index (χ2n) is 8.92. The summed E-state index contributed by atoms with van der Waals surface area (Å²) in [6, 6.07) is 14.2. The number of aromatic nitrogens is 3. The molecule has 0 aliphatic carbocycles. The number of hydrogen-bond donors (Lipinski definition) is 1. The molecule has 4 rings (SSSR count). The highest BCUT2D eigenvalue weighted by Crippen LogP contribution is 2.23. The van der Waals surface area contributed by atoms with Gasteiger partial charge in [-0.15, -0.1) is 5.10 Å². The maximum Gasteiger partial charge on any atom is 0.273 e. The quantitative estimate of drug-likeness (QED) is 0.437. The van der Waals surface area contributed by atoms with E-state index >= 15 is 0 Å². The van der Waals surface area contributed by atoms with Crippen molar-refractivity contribution >= 4 is 11.6 Å². The van der Waals surface area contributed by atoms with E-state index in [-0.39, 0.29) is 17.3 Å². The first-order valence-corrected chi connectivity index (χ1v) is 11.1. The van der Waals surface area contributed by atoms with Crippen LogP contribution in [0.5, 0.6) is 0 Å². The van der Waals surface area contributed by atoms with Crippen LogP contribution < -0.4 is 5.32 Å². The number of hydrogen-bond acceptors (Lipinski definition) is 6. The molecule has 33 heavy (non-hydrogen) atoms. The maximum absolute atomic E-state index is 12.7. The molecule has 0 saturated carbocycles. The summed E-state index contributed by atoms with van der Waals surface area (Å²) in [4.78, 5) is 25.7. The molecule has 0 bridgehead atoms. The average Bonchev–Trinajstić information content (AvgIpc) is 3.28. The van der Waals surface area contributed by atoms with Crippen molar-refractivity contribution in [3.8, 4) is 5.69 Å². The number of likely N-dealkylation sites (tertiary alicyclic amines) is 1. The van der Waals surface area contributed by atoms with Crippen LogP contribution in [0.1, 0.15) is 41.9 Å². The number of nitrogens with one attached hydrogen (secondary N) is 1. The van der Waals surface area contributed by atoms with Crippen LogP contribution in [0.2, 0.25) is 0 Å². The molecule has 1 aliphatic heterocycles. The second kappa shape index (κ2) is 9.91. The summed E-state index contributed by atoms with van der Waals surface area (Å²) < 4.78 is 1.36. The van der Waals surface area contributed by atoms with Crippen LogP contribution in [0, 0.1) is 22.0 Å². The topological polar surface area (TPSA) is 106 Å². The zero-order valence-corrected chi connectivity index (χ0v) is 18.8. The van der Waals surface area contributed by atoms with Gasteiger partial charge in [-0.05, 0) is 35.4 Å². The van der Waals surface area contributed by atoms with Crippen molar-refractivity contribution < 1.29 is 9.72 Å². The average molecular weight is 449 g/mol. The first-order chi connectivity index (χ1) is 15.9. The summed E-state index contributed by atoms with van der Waals surface area (Å²) >= 11 is 0. The Balaban J connectivity index is 1.41. The predicted octanol–water partition coefficient (Wildman–Crippen LogP) is 3.58. The molecule has 3 aromatic rings. The zero-order valence-electron chi connectivity index (χ0n) is 18.8. The van der Waals surface area contributed by atoms with E-state index in [2.05, 4.69) is 40.4 Å². The van der Waals surface area contributed by atoms with Gasteiger partial charge < -0.3 is 5.32 Å². The van der Waals surface area contributed by atoms with Crippen molar-refractivity contribution in [2.75, 3.05) is 13.1 Å². The van der Waals surface area contributed by atoms with E-state index in [0.29, 0.717) is 24.1 Å².